The van der Waals surface area contributed by atoms with Crippen LogP contribution in [0, 0.1) is 0 Å². The fourth-order valence-corrected chi connectivity index (χ4v) is 5.41. The molecule has 1 saturated heterocycles. The minimum Gasteiger partial charge on any atom is -0.369 e. The molecule has 0 unspecified atom stereocenters. The first-order valence-corrected chi connectivity index (χ1v) is 11.3. The van der Waals surface area contributed by atoms with Crippen LogP contribution in [0.1, 0.15) is 5.56 Å². The number of rotatable bonds is 6. The predicted octanol–water partition coefficient (Wildman–Crippen LogP) is 2.63. The second-order valence-electron chi connectivity index (χ2n) is 6.78. The molecule has 2 aromatic heterocycles. The lowest BCUT2D eigenvalue weighted by Crippen LogP contribution is -2.44. The van der Waals surface area contributed by atoms with E-state index in [2.05, 4.69) is 38.9 Å². The van der Waals surface area contributed by atoms with Crippen molar-refractivity contribution in [2.24, 2.45) is 0 Å². The summed E-state index contributed by atoms with van der Waals surface area (Å²) >= 11 is 1.17. The predicted molar refractivity (Wildman–Crippen MR) is 110 cm³/mol. The fraction of sp³-hybridized carbons (Fsp3) is 0.316. The third-order valence-corrected chi connectivity index (χ3v) is 7.81. The molecule has 3 heterocycles. The second kappa shape index (κ2) is 8.04. The van der Waals surface area contributed by atoms with Crippen LogP contribution in [-0.4, -0.2) is 51.7 Å². The smallest absolute Gasteiger partial charge is 0.250 e. The molecule has 1 N–H and O–H groups in total. The van der Waals surface area contributed by atoms with Gasteiger partial charge in [0.1, 0.15) is 16.2 Å². The van der Waals surface area contributed by atoms with Gasteiger partial charge in [-0.1, -0.05) is 17.3 Å². The summed E-state index contributed by atoms with van der Waals surface area (Å²) in [6.07, 6.45) is 1.47. The second-order valence-corrected chi connectivity index (χ2v) is 9.86. The van der Waals surface area contributed by atoms with Gasteiger partial charge in [0.25, 0.3) is 0 Å². The summed E-state index contributed by atoms with van der Waals surface area (Å²) in [4.78, 5) is 5.43. The number of aromatic nitrogens is 1. The van der Waals surface area contributed by atoms with E-state index in [1.54, 1.807) is 18.2 Å². The summed E-state index contributed by atoms with van der Waals surface area (Å²) in [7, 11) is -1.44. The molecular weight excluding hydrogens is 396 g/mol. The van der Waals surface area contributed by atoms with E-state index in [-0.39, 0.29) is 10.8 Å². The molecule has 0 atom stereocenters. The first-order valence-electron chi connectivity index (χ1n) is 9.04. The van der Waals surface area contributed by atoms with Gasteiger partial charge in [-0.15, -0.1) is 11.3 Å². The van der Waals surface area contributed by atoms with E-state index in [9.17, 15) is 8.42 Å². The van der Waals surface area contributed by atoms with Gasteiger partial charge in [-0.25, -0.2) is 13.1 Å². The lowest BCUT2D eigenvalue weighted by atomic mass is 10.2. The summed E-state index contributed by atoms with van der Waals surface area (Å²) in [6.45, 7) is 4.38. The van der Waals surface area contributed by atoms with Crippen LogP contribution in [0.25, 0.3) is 10.6 Å². The van der Waals surface area contributed by atoms with Crippen molar-refractivity contribution in [1.82, 2.24) is 14.8 Å². The van der Waals surface area contributed by atoms with Crippen molar-refractivity contribution >= 4 is 27.0 Å². The van der Waals surface area contributed by atoms with Crippen LogP contribution in [0.3, 0.4) is 0 Å². The molecule has 1 fully saturated rings. The van der Waals surface area contributed by atoms with E-state index < -0.39 is 10.0 Å². The van der Waals surface area contributed by atoms with Crippen LogP contribution < -0.4 is 9.62 Å². The minimum absolute atomic E-state index is 0.253. The molecule has 0 bridgehead atoms. The third-order valence-electron chi connectivity index (χ3n) is 4.81. The highest BCUT2D eigenvalue weighted by molar-refractivity contribution is 7.91. The molecule has 0 spiro atoms. The zero-order valence-corrected chi connectivity index (χ0v) is 17.2. The molecule has 0 saturated carbocycles. The number of anilines is 1. The molecule has 0 radical (unpaired) electrons. The van der Waals surface area contributed by atoms with Crippen LogP contribution >= 0.6 is 11.3 Å². The topological polar surface area (TPSA) is 78.7 Å². The Kier molecular flexibility index (Phi) is 5.49. The molecule has 0 amide bonds. The number of nitrogens with zero attached hydrogens (tertiary/aromatic N) is 3. The summed E-state index contributed by atoms with van der Waals surface area (Å²) in [5.41, 5.74) is 2.73. The van der Waals surface area contributed by atoms with Gasteiger partial charge >= 0.3 is 0 Å². The van der Waals surface area contributed by atoms with E-state index >= 15 is 0 Å². The number of hydrogen-bond donors (Lipinski definition) is 1. The molecule has 3 aromatic rings. The molecule has 0 aliphatic carbocycles. The average molecular weight is 419 g/mol. The lowest BCUT2D eigenvalue weighted by molar-refractivity contribution is 0.313. The number of benzene rings is 1. The van der Waals surface area contributed by atoms with E-state index in [1.807, 2.05) is 12.1 Å². The minimum atomic E-state index is -3.57. The van der Waals surface area contributed by atoms with Crippen LogP contribution in [0.5, 0.6) is 0 Å². The van der Waals surface area contributed by atoms with Crippen LogP contribution in [0.2, 0.25) is 0 Å². The van der Waals surface area contributed by atoms with Crippen molar-refractivity contribution in [2.45, 2.75) is 10.8 Å². The molecule has 9 heteroatoms. The van der Waals surface area contributed by atoms with Gasteiger partial charge in [-0.05, 0) is 36.9 Å². The van der Waals surface area contributed by atoms with Crippen molar-refractivity contribution in [3.63, 3.8) is 0 Å². The van der Waals surface area contributed by atoms with E-state index in [1.165, 1.54) is 23.3 Å². The van der Waals surface area contributed by atoms with Crippen LogP contribution in [0.4, 0.5) is 5.69 Å². The van der Waals surface area contributed by atoms with Gasteiger partial charge in [-0.3, -0.25) is 0 Å². The van der Waals surface area contributed by atoms with Gasteiger partial charge in [0.15, 0.2) is 0 Å². The highest BCUT2D eigenvalue weighted by atomic mass is 32.2. The highest BCUT2D eigenvalue weighted by Gasteiger charge is 2.18. The van der Waals surface area contributed by atoms with E-state index in [4.69, 9.17) is 4.52 Å². The van der Waals surface area contributed by atoms with Gasteiger partial charge in [0.05, 0.1) is 4.88 Å². The Bertz CT molecular complexity index is 1010. The lowest BCUT2D eigenvalue weighted by Gasteiger charge is -2.34. The molecule has 1 aromatic carbocycles. The largest absolute Gasteiger partial charge is 0.369 e. The van der Waals surface area contributed by atoms with Gasteiger partial charge in [0.2, 0.25) is 10.0 Å². The maximum atomic E-state index is 12.6. The number of thiophene rings is 1. The SMILES string of the molecule is CN1CCN(c2ccc(CNS(=O)(=O)c3ccc(-c4ccon4)s3)cc2)CC1. The Morgan fingerprint density at radius 1 is 1.07 bits per heavy atom. The molecule has 28 heavy (non-hydrogen) atoms. The normalized spacial score (nSPS) is 15.8. The number of likely N-dealkylation sites (N-methyl/N-ethyl adjacent to an activating group) is 1. The zero-order valence-electron chi connectivity index (χ0n) is 15.5. The Hall–Kier alpha value is -2.20. The zero-order chi connectivity index (χ0) is 19.6. The maximum Gasteiger partial charge on any atom is 0.250 e. The molecule has 1 aliphatic rings. The van der Waals surface area contributed by atoms with E-state index in [0.717, 1.165) is 36.6 Å². The Morgan fingerprint density at radius 3 is 2.50 bits per heavy atom. The van der Waals surface area contributed by atoms with Crippen molar-refractivity contribution in [2.75, 3.05) is 38.1 Å². The quantitative estimate of drug-likeness (QED) is 0.663. The van der Waals surface area contributed by atoms with Crippen LogP contribution in [-0.2, 0) is 16.6 Å². The highest BCUT2D eigenvalue weighted by Crippen LogP contribution is 2.29. The Balaban J connectivity index is 1.38. The van der Waals surface area contributed by atoms with Crippen molar-refractivity contribution < 1.29 is 12.9 Å². The van der Waals surface area contributed by atoms with Gasteiger partial charge < -0.3 is 14.3 Å². The Morgan fingerprint density at radius 2 is 1.82 bits per heavy atom. The summed E-state index contributed by atoms with van der Waals surface area (Å²) in [5.74, 6) is 0. The molecule has 148 valence electrons. The first-order chi connectivity index (χ1) is 13.5. The number of sulfonamides is 1. The molecule has 1 aliphatic heterocycles. The maximum absolute atomic E-state index is 12.6. The van der Waals surface area contributed by atoms with Crippen molar-refractivity contribution in [3.8, 4) is 10.6 Å². The van der Waals surface area contributed by atoms with Crippen LogP contribution in [0.15, 0.2) is 57.5 Å². The summed E-state index contributed by atoms with van der Waals surface area (Å²) < 4.78 is 32.9. The number of piperazine rings is 1. The molecular formula is C19H22N4O3S2. The third kappa shape index (κ3) is 4.27. The standard InChI is InChI=1S/C19H22N4O3S2/c1-22-9-11-23(12-10-22)16-4-2-15(3-5-16)14-20-28(24,25)19-7-6-18(27-19)17-8-13-26-21-17/h2-8,13,20H,9-12,14H2,1H3. The van der Waals surface area contributed by atoms with Gasteiger partial charge in [0, 0.05) is 44.5 Å². The fourth-order valence-electron chi connectivity index (χ4n) is 3.08. The molecule has 7 nitrogen and oxygen atoms in total. The monoisotopic (exact) mass is 418 g/mol. The average Bonchev–Trinajstić information content (AvgIpc) is 3.39. The van der Waals surface area contributed by atoms with E-state index in [0.29, 0.717) is 5.69 Å². The molecule has 4 rings (SSSR count). The van der Waals surface area contributed by atoms with Gasteiger partial charge in [-0.2, -0.15) is 0 Å². The first kappa shape index (κ1) is 19.1. The summed E-state index contributed by atoms with van der Waals surface area (Å²) in [5, 5.41) is 3.84. The number of hydrogen-bond acceptors (Lipinski definition) is 7. The number of nitrogens with one attached hydrogen (secondary N) is 1. The van der Waals surface area contributed by atoms with Crippen molar-refractivity contribution in [3.05, 3.63) is 54.3 Å². The summed E-state index contributed by atoms with van der Waals surface area (Å²) in [6, 6.07) is 13.1. The Labute approximate surface area is 168 Å². The van der Waals surface area contributed by atoms with Crippen molar-refractivity contribution in [1.29, 1.82) is 0 Å².